The van der Waals surface area contributed by atoms with Gasteiger partial charge in [0.05, 0.1) is 11.8 Å². The molecule has 0 radical (unpaired) electrons. The molecule has 7 heteroatoms. The Morgan fingerprint density at radius 1 is 1.19 bits per heavy atom. The second-order valence-electron chi connectivity index (χ2n) is 6.65. The molecule has 1 saturated heterocycles. The zero-order valence-corrected chi connectivity index (χ0v) is 15.6. The average molecular weight is 368 g/mol. The van der Waals surface area contributed by atoms with Gasteiger partial charge in [-0.05, 0) is 38.1 Å². The molecule has 0 saturated carbocycles. The highest BCUT2D eigenvalue weighted by molar-refractivity contribution is 5.95. The van der Waals surface area contributed by atoms with Crippen LogP contribution in [0.2, 0.25) is 0 Å². The molecule has 0 spiro atoms. The van der Waals surface area contributed by atoms with Crippen LogP contribution in [-0.4, -0.2) is 59.4 Å². The largest absolute Gasteiger partial charge is 0.489 e. The van der Waals surface area contributed by atoms with Crippen LogP contribution in [0.15, 0.2) is 42.6 Å². The van der Waals surface area contributed by atoms with Crippen molar-refractivity contribution in [2.45, 2.75) is 20.0 Å². The molecule has 1 fully saturated rings. The molecular weight excluding hydrogens is 344 g/mol. The monoisotopic (exact) mass is 368 g/mol. The second-order valence-corrected chi connectivity index (χ2v) is 6.65. The van der Waals surface area contributed by atoms with E-state index in [1.807, 2.05) is 38.1 Å². The molecule has 2 heterocycles. The molecule has 1 aromatic carbocycles. The number of para-hydroxylation sites is 2. The Balaban J connectivity index is 1.73. The van der Waals surface area contributed by atoms with Gasteiger partial charge in [-0.2, -0.15) is 0 Å². The maximum absolute atomic E-state index is 12.8. The Kier molecular flexibility index (Phi) is 5.90. The molecule has 0 bridgehead atoms. The van der Waals surface area contributed by atoms with Crippen LogP contribution in [0.25, 0.3) is 0 Å². The number of ether oxygens (including phenoxy) is 1. The molecule has 1 aliphatic heterocycles. The highest BCUT2D eigenvalue weighted by Crippen LogP contribution is 2.27. The Morgan fingerprint density at radius 3 is 2.63 bits per heavy atom. The van der Waals surface area contributed by atoms with Crippen molar-refractivity contribution in [3.05, 3.63) is 48.2 Å². The fourth-order valence-electron chi connectivity index (χ4n) is 2.91. The Hall–Kier alpha value is -3.09. The van der Waals surface area contributed by atoms with Crippen LogP contribution < -0.4 is 10.1 Å². The van der Waals surface area contributed by atoms with Crippen LogP contribution in [0.3, 0.4) is 0 Å². The van der Waals surface area contributed by atoms with Crippen molar-refractivity contribution in [1.82, 2.24) is 14.8 Å². The summed E-state index contributed by atoms with van der Waals surface area (Å²) in [6.07, 6.45) is 2.50. The smallest absolute Gasteiger partial charge is 0.254 e. The van der Waals surface area contributed by atoms with Crippen molar-refractivity contribution in [3.63, 3.8) is 0 Å². The molecule has 3 rings (SSSR count). The van der Waals surface area contributed by atoms with E-state index in [-0.39, 0.29) is 12.0 Å². The molecule has 27 heavy (non-hydrogen) atoms. The minimum atomic E-state index is -0.0577. The highest BCUT2D eigenvalue weighted by atomic mass is 16.5. The van der Waals surface area contributed by atoms with Crippen molar-refractivity contribution in [1.29, 1.82) is 0 Å². The third kappa shape index (κ3) is 4.75. The lowest BCUT2D eigenvalue weighted by molar-refractivity contribution is -0.119. The molecule has 2 amide bonds. The van der Waals surface area contributed by atoms with Gasteiger partial charge >= 0.3 is 0 Å². The number of rotatable bonds is 6. The zero-order valence-electron chi connectivity index (χ0n) is 15.6. The maximum atomic E-state index is 12.8. The molecule has 2 aromatic rings. The summed E-state index contributed by atoms with van der Waals surface area (Å²) in [6, 6.07) is 11.1. The van der Waals surface area contributed by atoms with Crippen molar-refractivity contribution >= 4 is 23.8 Å². The number of hydrogen-bond donors (Lipinski definition) is 1. The topological polar surface area (TPSA) is 74.8 Å². The van der Waals surface area contributed by atoms with E-state index >= 15 is 0 Å². The lowest BCUT2D eigenvalue weighted by atomic mass is 10.2. The zero-order chi connectivity index (χ0) is 19.2. The Labute approximate surface area is 158 Å². The predicted octanol–water partition coefficient (Wildman–Crippen LogP) is 2.53. The van der Waals surface area contributed by atoms with Crippen LogP contribution in [-0.2, 0) is 4.79 Å². The number of aromatic nitrogens is 1. The molecule has 0 aliphatic carbocycles. The Morgan fingerprint density at radius 2 is 1.93 bits per heavy atom. The molecule has 1 N–H and O–H groups in total. The first kappa shape index (κ1) is 18.7. The lowest BCUT2D eigenvalue weighted by Gasteiger charge is -2.32. The predicted molar refractivity (Wildman–Crippen MR) is 103 cm³/mol. The third-order valence-corrected chi connectivity index (χ3v) is 4.27. The van der Waals surface area contributed by atoms with Gasteiger partial charge in [-0.1, -0.05) is 12.1 Å². The third-order valence-electron chi connectivity index (χ3n) is 4.27. The second kappa shape index (κ2) is 8.53. The number of amides is 2. The SMILES string of the molecule is CC(C)Oc1ccccc1Nc1cc(C(=O)N2CCN(C=O)CC2)ccn1. The van der Waals surface area contributed by atoms with E-state index in [1.54, 1.807) is 28.1 Å². The molecule has 1 aliphatic rings. The van der Waals surface area contributed by atoms with Crippen molar-refractivity contribution in [2.24, 2.45) is 0 Å². The molecule has 7 nitrogen and oxygen atoms in total. The number of piperazine rings is 1. The first-order chi connectivity index (χ1) is 13.1. The van der Waals surface area contributed by atoms with Crippen LogP contribution >= 0.6 is 0 Å². The number of carbonyl (C=O) groups excluding carboxylic acids is 2. The van der Waals surface area contributed by atoms with Gasteiger partial charge in [0.15, 0.2) is 0 Å². The van der Waals surface area contributed by atoms with Crippen LogP contribution in [0, 0.1) is 0 Å². The molecule has 1 aromatic heterocycles. The standard InChI is InChI=1S/C20H24N4O3/c1-15(2)27-18-6-4-3-5-17(18)22-19-13-16(7-8-21-19)20(26)24-11-9-23(14-25)10-12-24/h3-8,13-15H,9-12H2,1-2H3,(H,21,22). The van der Waals surface area contributed by atoms with Gasteiger partial charge in [-0.25, -0.2) is 4.98 Å². The number of nitrogens with zero attached hydrogens (tertiary/aromatic N) is 3. The number of anilines is 2. The minimum Gasteiger partial charge on any atom is -0.489 e. The van der Waals surface area contributed by atoms with Gasteiger partial charge in [0.1, 0.15) is 11.6 Å². The molecular formula is C20H24N4O3. The highest BCUT2D eigenvalue weighted by Gasteiger charge is 2.21. The number of benzene rings is 1. The van der Waals surface area contributed by atoms with Gasteiger partial charge < -0.3 is 19.9 Å². The van der Waals surface area contributed by atoms with Gasteiger partial charge in [0.2, 0.25) is 6.41 Å². The van der Waals surface area contributed by atoms with E-state index in [1.165, 1.54) is 0 Å². The summed E-state index contributed by atoms with van der Waals surface area (Å²) in [5, 5.41) is 3.23. The van der Waals surface area contributed by atoms with E-state index in [4.69, 9.17) is 4.74 Å². The Bertz CT molecular complexity index is 801. The van der Waals surface area contributed by atoms with Crippen LogP contribution in [0.4, 0.5) is 11.5 Å². The first-order valence-electron chi connectivity index (χ1n) is 9.04. The number of hydrogen-bond acceptors (Lipinski definition) is 5. The summed E-state index contributed by atoms with van der Waals surface area (Å²) in [7, 11) is 0. The quantitative estimate of drug-likeness (QED) is 0.793. The van der Waals surface area contributed by atoms with E-state index in [9.17, 15) is 9.59 Å². The molecule has 0 unspecified atom stereocenters. The summed E-state index contributed by atoms with van der Waals surface area (Å²) in [5.41, 5.74) is 1.36. The summed E-state index contributed by atoms with van der Waals surface area (Å²) < 4.78 is 5.81. The van der Waals surface area contributed by atoms with Gasteiger partial charge in [-0.3, -0.25) is 9.59 Å². The minimum absolute atomic E-state index is 0.0545. The number of nitrogens with one attached hydrogen (secondary N) is 1. The summed E-state index contributed by atoms with van der Waals surface area (Å²) >= 11 is 0. The normalized spacial score (nSPS) is 14.2. The average Bonchev–Trinajstić information content (AvgIpc) is 2.69. The van der Waals surface area contributed by atoms with Crippen molar-refractivity contribution in [3.8, 4) is 5.75 Å². The first-order valence-corrected chi connectivity index (χ1v) is 9.04. The van der Waals surface area contributed by atoms with Gasteiger partial charge in [0, 0.05) is 37.9 Å². The van der Waals surface area contributed by atoms with E-state index in [0.717, 1.165) is 17.8 Å². The van der Waals surface area contributed by atoms with Crippen molar-refractivity contribution < 1.29 is 14.3 Å². The van der Waals surface area contributed by atoms with E-state index < -0.39 is 0 Å². The van der Waals surface area contributed by atoms with E-state index in [2.05, 4.69) is 10.3 Å². The maximum Gasteiger partial charge on any atom is 0.254 e. The number of pyridine rings is 1. The molecule has 0 atom stereocenters. The lowest BCUT2D eigenvalue weighted by Crippen LogP contribution is -2.48. The summed E-state index contributed by atoms with van der Waals surface area (Å²) in [4.78, 5) is 31.3. The van der Waals surface area contributed by atoms with Gasteiger partial charge in [0.25, 0.3) is 5.91 Å². The van der Waals surface area contributed by atoms with Crippen LogP contribution in [0.5, 0.6) is 5.75 Å². The fourth-order valence-corrected chi connectivity index (χ4v) is 2.91. The summed E-state index contributed by atoms with van der Waals surface area (Å²) in [5.74, 6) is 1.25. The number of carbonyl (C=O) groups is 2. The van der Waals surface area contributed by atoms with Gasteiger partial charge in [-0.15, -0.1) is 0 Å². The fraction of sp³-hybridized carbons (Fsp3) is 0.350. The summed E-state index contributed by atoms with van der Waals surface area (Å²) in [6.45, 7) is 6.13. The molecule has 142 valence electrons. The van der Waals surface area contributed by atoms with E-state index in [0.29, 0.717) is 37.6 Å². The van der Waals surface area contributed by atoms with Crippen LogP contribution in [0.1, 0.15) is 24.2 Å². The van der Waals surface area contributed by atoms with Crippen molar-refractivity contribution in [2.75, 3.05) is 31.5 Å².